The number of rotatable bonds is 12. The topological polar surface area (TPSA) is 132 Å². The van der Waals surface area contributed by atoms with Gasteiger partial charge in [-0.1, -0.05) is 66.7 Å². The third kappa shape index (κ3) is 8.61. The fourth-order valence-electron chi connectivity index (χ4n) is 3.92. The van der Waals surface area contributed by atoms with Crippen LogP contribution in [0.1, 0.15) is 11.7 Å². The lowest BCUT2D eigenvalue weighted by molar-refractivity contribution is -0.112. The van der Waals surface area contributed by atoms with E-state index in [0.29, 0.717) is 34.1 Å². The number of amides is 2. The molecule has 210 valence electrons. The van der Waals surface area contributed by atoms with Gasteiger partial charge < -0.3 is 30.4 Å². The van der Waals surface area contributed by atoms with Gasteiger partial charge in [0.05, 0.1) is 18.0 Å². The van der Waals surface area contributed by atoms with Crippen LogP contribution in [0.3, 0.4) is 0 Å². The zero-order chi connectivity index (χ0) is 28.9. The molecule has 2 amide bonds. The Balaban J connectivity index is 1.68. The van der Waals surface area contributed by atoms with E-state index in [4.69, 9.17) is 19.9 Å². The largest absolute Gasteiger partial charge is 0.491 e. The Morgan fingerprint density at radius 3 is 2.22 bits per heavy atom. The number of carbonyl (C=O) groups is 2. The normalized spacial score (nSPS) is 12.2. The Labute approximate surface area is 238 Å². The molecule has 4 rings (SSSR count). The van der Waals surface area contributed by atoms with Crippen molar-refractivity contribution in [2.75, 3.05) is 29.6 Å². The molecule has 0 saturated carbocycles. The number of aliphatic hydroxyl groups excluding tert-OH is 1. The van der Waals surface area contributed by atoms with E-state index in [1.807, 2.05) is 12.1 Å². The minimum absolute atomic E-state index is 0.0287. The van der Waals surface area contributed by atoms with E-state index in [0.717, 1.165) is 0 Å². The molecule has 0 bridgehead atoms. The van der Waals surface area contributed by atoms with Crippen LogP contribution in [-0.2, 0) is 9.53 Å². The molecule has 0 aliphatic carbocycles. The van der Waals surface area contributed by atoms with Crippen LogP contribution in [0, 0.1) is 0 Å². The zero-order valence-corrected chi connectivity index (χ0v) is 22.2. The minimum Gasteiger partial charge on any atom is -0.491 e. The Morgan fingerprint density at radius 2 is 1.49 bits per heavy atom. The molecule has 2 atom stereocenters. The highest BCUT2D eigenvalue weighted by molar-refractivity contribution is 6.01. The van der Waals surface area contributed by atoms with Crippen LogP contribution in [0.4, 0.5) is 21.9 Å². The first-order chi connectivity index (χ1) is 20.0. The summed E-state index contributed by atoms with van der Waals surface area (Å²) in [5.74, 6) is 0.415. The second kappa shape index (κ2) is 14.8. The number of hydrogen-bond acceptors (Lipinski definition) is 7. The van der Waals surface area contributed by atoms with Crippen molar-refractivity contribution < 1.29 is 28.9 Å². The number of hydrogen-bond donors (Lipinski definition) is 4. The van der Waals surface area contributed by atoms with Crippen LogP contribution >= 0.6 is 0 Å². The van der Waals surface area contributed by atoms with Crippen molar-refractivity contribution in [3.05, 3.63) is 127 Å². The van der Waals surface area contributed by atoms with E-state index in [9.17, 15) is 14.7 Å². The van der Waals surface area contributed by atoms with Crippen LogP contribution in [-0.4, -0.2) is 36.4 Å². The Hall–Kier alpha value is -5.28. The predicted octanol–water partition coefficient (Wildman–Crippen LogP) is 5.57. The number of benzene rings is 4. The fraction of sp³-hybridized carbons (Fsp3) is 0.125. The molecule has 0 aromatic heterocycles. The molecule has 0 spiro atoms. The van der Waals surface area contributed by atoms with E-state index in [2.05, 4.69) is 10.6 Å². The Kier molecular flexibility index (Phi) is 10.3. The van der Waals surface area contributed by atoms with E-state index in [-0.39, 0.29) is 13.2 Å². The number of nitrogen functional groups attached to an aromatic ring is 1. The lowest BCUT2D eigenvalue weighted by atomic mass is 10.0. The average molecular weight is 554 g/mol. The smallest absolute Gasteiger partial charge is 0.412 e. The number of nitrogens with one attached hydrogen (secondary N) is 2. The molecular formula is C32H31N3O6. The first kappa shape index (κ1) is 28.7. The molecule has 9 nitrogen and oxygen atoms in total. The van der Waals surface area contributed by atoms with Crippen LogP contribution in [0.15, 0.2) is 121 Å². The van der Waals surface area contributed by atoms with Gasteiger partial charge in [0.1, 0.15) is 18.1 Å². The van der Waals surface area contributed by atoms with Gasteiger partial charge in [0.15, 0.2) is 12.2 Å². The fourth-order valence-corrected chi connectivity index (χ4v) is 3.92. The number of aliphatic hydroxyl groups is 1. The van der Waals surface area contributed by atoms with E-state index >= 15 is 0 Å². The van der Waals surface area contributed by atoms with E-state index in [1.54, 1.807) is 97.1 Å². The van der Waals surface area contributed by atoms with Crippen molar-refractivity contribution in [1.82, 2.24) is 0 Å². The summed E-state index contributed by atoms with van der Waals surface area (Å²) >= 11 is 0. The van der Waals surface area contributed by atoms with Crippen LogP contribution in [0.5, 0.6) is 11.5 Å². The highest BCUT2D eigenvalue weighted by atomic mass is 16.6. The maximum atomic E-state index is 13.1. The molecular weight excluding hydrogens is 522 g/mol. The standard InChI is InChI=1S/C32H31N3O6/c33-26-16-8-9-17-27(26)35-30(37)20-19-29(40-24-13-5-2-6-14-24)31(25-15-7-10-18-28(25)39-22-21-36)41-32(38)34-23-11-3-1-4-12-23/h1-20,29,31,36H,21-22,33H2,(H,34,38)(H,35,37)/b20-19+/t29-,31-/m0/s1. The van der Waals surface area contributed by atoms with Gasteiger partial charge in [-0.15, -0.1) is 0 Å². The second-order valence-electron chi connectivity index (χ2n) is 8.76. The van der Waals surface area contributed by atoms with Gasteiger partial charge in [0.25, 0.3) is 0 Å². The second-order valence-corrected chi connectivity index (χ2v) is 8.76. The maximum absolute atomic E-state index is 13.1. The summed E-state index contributed by atoms with van der Waals surface area (Å²) in [5.41, 5.74) is 7.86. The summed E-state index contributed by atoms with van der Waals surface area (Å²) in [6.45, 7) is -0.179. The molecule has 0 aliphatic rings. The summed E-state index contributed by atoms with van der Waals surface area (Å²) < 4.78 is 18.0. The quantitative estimate of drug-likeness (QED) is 0.133. The Bertz CT molecular complexity index is 1450. The van der Waals surface area contributed by atoms with Crippen LogP contribution < -0.4 is 25.8 Å². The predicted molar refractivity (Wildman–Crippen MR) is 158 cm³/mol. The molecule has 4 aromatic rings. The SMILES string of the molecule is Nc1ccccc1NC(=O)/C=C/[C@H](Oc1ccccc1)[C@@H](OC(=O)Nc1ccccc1)c1ccccc1OCCO. The maximum Gasteiger partial charge on any atom is 0.412 e. The molecule has 0 unspecified atom stereocenters. The summed E-state index contributed by atoms with van der Waals surface area (Å²) in [4.78, 5) is 26.0. The number of carbonyl (C=O) groups excluding carboxylic acids is 2. The molecule has 0 fully saturated rings. The molecule has 0 heterocycles. The number of ether oxygens (including phenoxy) is 3. The van der Waals surface area contributed by atoms with E-state index in [1.165, 1.54) is 12.2 Å². The first-order valence-electron chi connectivity index (χ1n) is 12.9. The highest BCUT2D eigenvalue weighted by Crippen LogP contribution is 2.33. The van der Waals surface area contributed by atoms with Gasteiger partial charge in [0, 0.05) is 17.3 Å². The van der Waals surface area contributed by atoms with Crippen molar-refractivity contribution in [2.45, 2.75) is 12.2 Å². The Morgan fingerprint density at radius 1 is 0.829 bits per heavy atom. The van der Waals surface area contributed by atoms with Crippen molar-refractivity contribution in [2.24, 2.45) is 0 Å². The monoisotopic (exact) mass is 553 g/mol. The van der Waals surface area contributed by atoms with Crippen molar-refractivity contribution in [1.29, 1.82) is 0 Å². The lowest BCUT2D eigenvalue weighted by Crippen LogP contribution is -2.30. The third-order valence-electron chi connectivity index (χ3n) is 5.80. The van der Waals surface area contributed by atoms with Gasteiger partial charge in [-0.25, -0.2) is 4.79 Å². The van der Waals surface area contributed by atoms with E-state index < -0.39 is 24.2 Å². The highest BCUT2D eigenvalue weighted by Gasteiger charge is 2.30. The van der Waals surface area contributed by atoms with Crippen LogP contribution in [0.25, 0.3) is 0 Å². The summed E-state index contributed by atoms with van der Waals surface area (Å²) in [6.07, 6.45) is 0.0130. The van der Waals surface area contributed by atoms with Gasteiger partial charge in [0.2, 0.25) is 5.91 Å². The van der Waals surface area contributed by atoms with Gasteiger partial charge in [-0.3, -0.25) is 10.1 Å². The summed E-state index contributed by atoms with van der Waals surface area (Å²) in [5, 5.41) is 14.8. The van der Waals surface area contributed by atoms with Crippen LogP contribution in [0.2, 0.25) is 0 Å². The molecule has 9 heteroatoms. The minimum atomic E-state index is -1.07. The number of anilines is 3. The molecule has 0 aliphatic heterocycles. The molecule has 0 radical (unpaired) electrons. The first-order valence-corrected chi connectivity index (χ1v) is 12.9. The zero-order valence-electron chi connectivity index (χ0n) is 22.2. The summed E-state index contributed by atoms with van der Waals surface area (Å²) in [6, 6.07) is 31.7. The molecule has 5 N–H and O–H groups in total. The molecule has 41 heavy (non-hydrogen) atoms. The third-order valence-corrected chi connectivity index (χ3v) is 5.80. The molecule has 4 aromatic carbocycles. The summed E-state index contributed by atoms with van der Waals surface area (Å²) in [7, 11) is 0. The van der Waals surface area contributed by atoms with Crippen molar-refractivity contribution in [3.8, 4) is 11.5 Å². The lowest BCUT2D eigenvalue weighted by Gasteiger charge is -2.27. The molecule has 0 saturated heterocycles. The van der Waals surface area contributed by atoms with Crippen molar-refractivity contribution >= 4 is 29.1 Å². The number of nitrogens with two attached hydrogens (primary N) is 1. The number of para-hydroxylation sites is 5. The van der Waals surface area contributed by atoms with Gasteiger partial charge in [-0.2, -0.15) is 0 Å². The van der Waals surface area contributed by atoms with Gasteiger partial charge >= 0.3 is 6.09 Å². The van der Waals surface area contributed by atoms with Crippen molar-refractivity contribution in [3.63, 3.8) is 0 Å². The van der Waals surface area contributed by atoms with Gasteiger partial charge in [-0.05, 0) is 48.5 Å². The average Bonchev–Trinajstić information content (AvgIpc) is 2.99.